The second kappa shape index (κ2) is 9.19. The van der Waals surface area contributed by atoms with Gasteiger partial charge in [-0.1, -0.05) is 111 Å². The van der Waals surface area contributed by atoms with Gasteiger partial charge in [-0.3, -0.25) is 4.98 Å². The summed E-state index contributed by atoms with van der Waals surface area (Å²) in [5.41, 5.74) is 12.1. The van der Waals surface area contributed by atoms with Crippen molar-refractivity contribution in [2.75, 3.05) is 0 Å². The van der Waals surface area contributed by atoms with E-state index < -0.39 is 0 Å². The third kappa shape index (κ3) is 3.70. The van der Waals surface area contributed by atoms with Gasteiger partial charge in [-0.25, -0.2) is 0 Å². The minimum absolute atomic E-state index is 0.121. The molecule has 0 N–H and O–H groups in total. The zero-order valence-corrected chi connectivity index (χ0v) is 23.8. The SMILES string of the molecule is Cc1cc(-c2ccccc2)cc(-c2ccccc2-c2cccc3c2Oc2c(ccc4c2-c2ccccc2C4(C)C)O3)n1. The highest BCUT2D eigenvalue weighted by Crippen LogP contribution is 2.59. The Bertz CT molecular complexity index is 2020. The van der Waals surface area contributed by atoms with Crippen molar-refractivity contribution < 1.29 is 9.47 Å². The second-order valence-electron chi connectivity index (χ2n) is 11.6. The van der Waals surface area contributed by atoms with Crippen LogP contribution in [0.4, 0.5) is 0 Å². The van der Waals surface area contributed by atoms with Gasteiger partial charge < -0.3 is 9.47 Å². The zero-order chi connectivity index (χ0) is 28.4. The van der Waals surface area contributed by atoms with Crippen molar-refractivity contribution in [3.63, 3.8) is 0 Å². The van der Waals surface area contributed by atoms with Gasteiger partial charge in [0.1, 0.15) is 0 Å². The van der Waals surface area contributed by atoms with E-state index in [0.717, 1.165) is 56.5 Å². The fourth-order valence-electron chi connectivity index (χ4n) is 6.60. The van der Waals surface area contributed by atoms with E-state index in [9.17, 15) is 0 Å². The zero-order valence-electron chi connectivity index (χ0n) is 23.8. The number of ether oxygens (including phenoxy) is 2. The lowest BCUT2D eigenvalue weighted by Gasteiger charge is -2.27. The first-order valence-electron chi connectivity index (χ1n) is 14.4. The molecule has 0 amide bonds. The van der Waals surface area contributed by atoms with E-state index in [2.05, 4.69) is 118 Å². The number of hydrogen-bond donors (Lipinski definition) is 0. The Morgan fingerprint density at radius 2 is 1.21 bits per heavy atom. The van der Waals surface area contributed by atoms with E-state index in [1.165, 1.54) is 22.3 Å². The first kappa shape index (κ1) is 24.6. The largest absolute Gasteiger partial charge is 0.449 e. The minimum Gasteiger partial charge on any atom is -0.449 e. The molecule has 0 saturated heterocycles. The van der Waals surface area contributed by atoms with Crippen LogP contribution in [0.3, 0.4) is 0 Å². The third-order valence-electron chi connectivity index (χ3n) is 8.62. The fourth-order valence-corrected chi connectivity index (χ4v) is 6.60. The van der Waals surface area contributed by atoms with Crippen molar-refractivity contribution in [1.82, 2.24) is 4.98 Å². The van der Waals surface area contributed by atoms with Crippen molar-refractivity contribution >= 4 is 0 Å². The highest BCUT2D eigenvalue weighted by atomic mass is 16.6. The number of aryl methyl sites for hydroxylation is 1. The summed E-state index contributed by atoms with van der Waals surface area (Å²) in [6.45, 7) is 6.61. The molecule has 5 aromatic carbocycles. The van der Waals surface area contributed by atoms with Gasteiger partial charge in [-0.05, 0) is 64.6 Å². The molecule has 3 heteroatoms. The lowest BCUT2D eigenvalue weighted by atomic mass is 9.82. The molecule has 1 aromatic heterocycles. The topological polar surface area (TPSA) is 31.4 Å². The van der Waals surface area contributed by atoms with E-state index in [1.807, 2.05) is 24.3 Å². The molecule has 0 atom stereocenters. The van der Waals surface area contributed by atoms with E-state index in [1.54, 1.807) is 0 Å². The first-order valence-corrected chi connectivity index (χ1v) is 14.4. The molecule has 0 unspecified atom stereocenters. The molecule has 2 heterocycles. The van der Waals surface area contributed by atoms with E-state index in [-0.39, 0.29) is 5.41 Å². The van der Waals surface area contributed by atoms with Gasteiger partial charge in [-0.15, -0.1) is 0 Å². The minimum atomic E-state index is -0.121. The van der Waals surface area contributed by atoms with Crippen LogP contribution < -0.4 is 9.47 Å². The second-order valence-corrected chi connectivity index (χ2v) is 11.6. The number of aromatic nitrogens is 1. The van der Waals surface area contributed by atoms with Crippen LogP contribution in [0.25, 0.3) is 44.6 Å². The van der Waals surface area contributed by atoms with Crippen molar-refractivity contribution in [2.24, 2.45) is 0 Å². The number of nitrogens with zero attached hydrogens (tertiary/aromatic N) is 1. The monoisotopic (exact) mass is 543 g/mol. The molecule has 202 valence electrons. The average Bonchev–Trinajstić information content (AvgIpc) is 3.26. The van der Waals surface area contributed by atoms with Crippen LogP contribution in [-0.4, -0.2) is 4.98 Å². The molecule has 1 aliphatic carbocycles. The highest BCUT2D eigenvalue weighted by Gasteiger charge is 2.39. The Labute approximate surface area is 246 Å². The van der Waals surface area contributed by atoms with E-state index in [4.69, 9.17) is 14.5 Å². The standard InChI is InChI=1S/C39H29NO2/c1-24-22-26(25-12-5-4-6-13-25)23-33(40-24)28-15-8-7-14-27(28)29-17-11-19-34-37(29)42-38-35(41-34)21-20-32-36(38)30-16-9-10-18-31(30)39(32,2)3/h4-23H,1-3H3. The molecule has 0 spiro atoms. The van der Waals surface area contributed by atoms with Crippen LogP contribution >= 0.6 is 0 Å². The quantitative estimate of drug-likeness (QED) is 0.222. The fraction of sp³-hybridized carbons (Fsp3) is 0.103. The summed E-state index contributed by atoms with van der Waals surface area (Å²) in [6, 6.07) is 42.2. The summed E-state index contributed by atoms with van der Waals surface area (Å²) in [7, 11) is 0. The molecule has 6 aromatic rings. The van der Waals surface area contributed by atoms with Gasteiger partial charge in [0, 0.05) is 27.8 Å². The lowest BCUT2D eigenvalue weighted by Crippen LogP contribution is -2.15. The number of para-hydroxylation sites is 1. The maximum atomic E-state index is 6.92. The first-order chi connectivity index (χ1) is 20.5. The van der Waals surface area contributed by atoms with Gasteiger partial charge >= 0.3 is 0 Å². The van der Waals surface area contributed by atoms with Crippen LogP contribution in [0.15, 0.2) is 121 Å². The molecule has 0 saturated carbocycles. The molecule has 42 heavy (non-hydrogen) atoms. The van der Waals surface area contributed by atoms with Crippen LogP contribution in [0.1, 0.15) is 30.7 Å². The Hall–Kier alpha value is -5.15. The normalized spacial score (nSPS) is 13.7. The number of fused-ring (bicyclic) bond motifs is 6. The predicted octanol–water partition coefficient (Wildman–Crippen LogP) is 10.6. The highest BCUT2D eigenvalue weighted by molar-refractivity contribution is 5.91. The van der Waals surface area contributed by atoms with Crippen molar-refractivity contribution in [1.29, 1.82) is 0 Å². The Morgan fingerprint density at radius 1 is 0.524 bits per heavy atom. The third-order valence-corrected chi connectivity index (χ3v) is 8.62. The van der Waals surface area contributed by atoms with Crippen molar-refractivity contribution in [3.05, 3.63) is 138 Å². The predicted molar refractivity (Wildman–Crippen MR) is 169 cm³/mol. The van der Waals surface area contributed by atoms with Crippen molar-refractivity contribution in [2.45, 2.75) is 26.2 Å². The van der Waals surface area contributed by atoms with Gasteiger partial charge in [0.25, 0.3) is 0 Å². The van der Waals surface area contributed by atoms with Crippen LogP contribution in [0.5, 0.6) is 23.0 Å². The summed E-state index contributed by atoms with van der Waals surface area (Å²) >= 11 is 0. The molecule has 8 rings (SSSR count). The van der Waals surface area contributed by atoms with Gasteiger partial charge in [0.2, 0.25) is 0 Å². The average molecular weight is 544 g/mol. The van der Waals surface area contributed by atoms with Crippen LogP contribution in [0.2, 0.25) is 0 Å². The van der Waals surface area contributed by atoms with Crippen molar-refractivity contribution in [3.8, 4) is 67.6 Å². The van der Waals surface area contributed by atoms with Crippen LogP contribution in [0, 0.1) is 6.92 Å². The van der Waals surface area contributed by atoms with Crippen LogP contribution in [-0.2, 0) is 5.41 Å². The maximum Gasteiger partial charge on any atom is 0.178 e. The summed E-state index contributed by atoms with van der Waals surface area (Å²) in [5, 5.41) is 0. The number of rotatable bonds is 3. The molecular formula is C39H29NO2. The van der Waals surface area contributed by atoms with Gasteiger partial charge in [-0.2, -0.15) is 0 Å². The Kier molecular flexibility index (Phi) is 5.39. The molecule has 3 nitrogen and oxygen atoms in total. The Balaban J connectivity index is 1.28. The lowest BCUT2D eigenvalue weighted by molar-refractivity contribution is 0.361. The summed E-state index contributed by atoms with van der Waals surface area (Å²) < 4.78 is 13.5. The van der Waals surface area contributed by atoms with E-state index in [0.29, 0.717) is 5.75 Å². The number of benzene rings is 5. The molecular weight excluding hydrogens is 514 g/mol. The number of hydrogen-bond acceptors (Lipinski definition) is 3. The summed E-state index contributed by atoms with van der Waals surface area (Å²) in [5.74, 6) is 2.96. The van der Waals surface area contributed by atoms with E-state index >= 15 is 0 Å². The molecule has 1 aliphatic heterocycles. The van der Waals surface area contributed by atoms with Gasteiger partial charge in [0.15, 0.2) is 23.0 Å². The maximum absolute atomic E-state index is 6.92. The summed E-state index contributed by atoms with van der Waals surface area (Å²) in [4.78, 5) is 4.98. The molecule has 0 fully saturated rings. The smallest absolute Gasteiger partial charge is 0.178 e. The summed E-state index contributed by atoms with van der Waals surface area (Å²) in [6.07, 6.45) is 0. The Morgan fingerprint density at radius 3 is 2.05 bits per heavy atom. The van der Waals surface area contributed by atoms with Gasteiger partial charge in [0.05, 0.1) is 5.69 Å². The molecule has 2 aliphatic rings. The number of pyridine rings is 1. The molecule has 0 bridgehead atoms. The molecule has 0 radical (unpaired) electrons.